The van der Waals surface area contributed by atoms with E-state index in [0.717, 1.165) is 22.2 Å². The van der Waals surface area contributed by atoms with Gasteiger partial charge in [0, 0.05) is 11.8 Å². The highest BCUT2D eigenvalue weighted by Gasteiger charge is 2.19. The van der Waals surface area contributed by atoms with Gasteiger partial charge in [-0.1, -0.05) is 25.1 Å². The van der Waals surface area contributed by atoms with Gasteiger partial charge in [0.25, 0.3) is 0 Å². The third-order valence-electron chi connectivity index (χ3n) is 3.94. The highest BCUT2D eigenvalue weighted by molar-refractivity contribution is 5.98. The number of aryl methyl sites for hydroxylation is 3. The molecule has 0 spiro atoms. The minimum atomic E-state index is -0.326. The van der Waals surface area contributed by atoms with Crippen LogP contribution in [-0.2, 0) is 17.6 Å². The van der Waals surface area contributed by atoms with E-state index in [0.29, 0.717) is 37.3 Å². The van der Waals surface area contributed by atoms with E-state index in [2.05, 4.69) is 15.2 Å². The summed E-state index contributed by atoms with van der Waals surface area (Å²) in [6.45, 7) is 4.23. The second-order valence-electron chi connectivity index (χ2n) is 5.50. The lowest BCUT2D eigenvalue weighted by molar-refractivity contribution is 0.0496. The van der Waals surface area contributed by atoms with Gasteiger partial charge in [-0.15, -0.1) is 10.2 Å². The average Bonchev–Trinajstić information content (AvgIpc) is 3.11. The molecule has 0 aliphatic rings. The van der Waals surface area contributed by atoms with Gasteiger partial charge in [-0.05, 0) is 31.4 Å². The van der Waals surface area contributed by atoms with Crippen LogP contribution in [0.15, 0.2) is 35.1 Å². The molecule has 6 heteroatoms. The zero-order valence-corrected chi connectivity index (χ0v) is 13.8. The van der Waals surface area contributed by atoms with E-state index in [1.54, 1.807) is 0 Å². The van der Waals surface area contributed by atoms with Crippen molar-refractivity contribution in [1.29, 1.82) is 0 Å². The first-order valence-corrected chi connectivity index (χ1v) is 8.01. The molecule has 6 nitrogen and oxygen atoms in total. The highest BCUT2D eigenvalue weighted by atomic mass is 16.5. The van der Waals surface area contributed by atoms with Crippen molar-refractivity contribution in [3.05, 3.63) is 53.4 Å². The Balaban J connectivity index is 1.74. The maximum absolute atomic E-state index is 12.5. The SMILES string of the molecule is CCc1nc2ccccc2c(C)c1C(=O)OCCCc1nnco1. The number of hydrogen-bond acceptors (Lipinski definition) is 6. The number of pyridine rings is 1. The molecule has 0 saturated carbocycles. The first-order valence-electron chi connectivity index (χ1n) is 8.01. The van der Waals surface area contributed by atoms with Crippen molar-refractivity contribution in [3.63, 3.8) is 0 Å². The topological polar surface area (TPSA) is 78.1 Å². The van der Waals surface area contributed by atoms with Crippen molar-refractivity contribution >= 4 is 16.9 Å². The highest BCUT2D eigenvalue weighted by Crippen LogP contribution is 2.24. The molecule has 0 aliphatic carbocycles. The molecule has 0 aliphatic heterocycles. The molecule has 0 unspecified atom stereocenters. The van der Waals surface area contributed by atoms with Gasteiger partial charge in [0.05, 0.1) is 23.4 Å². The number of esters is 1. The van der Waals surface area contributed by atoms with E-state index in [1.165, 1.54) is 6.39 Å². The van der Waals surface area contributed by atoms with Crippen LogP contribution in [0, 0.1) is 6.92 Å². The number of hydrogen-bond donors (Lipinski definition) is 0. The summed E-state index contributed by atoms with van der Waals surface area (Å²) in [6.07, 6.45) is 3.19. The third kappa shape index (κ3) is 3.27. The van der Waals surface area contributed by atoms with Gasteiger partial charge in [-0.3, -0.25) is 4.98 Å². The Hall–Kier alpha value is -2.76. The predicted molar refractivity (Wildman–Crippen MR) is 88.8 cm³/mol. The van der Waals surface area contributed by atoms with Gasteiger partial charge < -0.3 is 9.15 Å². The van der Waals surface area contributed by atoms with Crippen LogP contribution < -0.4 is 0 Å². The van der Waals surface area contributed by atoms with Gasteiger partial charge in [0.1, 0.15) is 0 Å². The standard InChI is InChI=1S/C18H19N3O3/c1-3-14-17(12(2)13-7-4-5-8-15(13)20-14)18(22)23-10-6-9-16-21-19-11-24-16/h4-5,7-8,11H,3,6,9-10H2,1-2H3. The van der Waals surface area contributed by atoms with Crippen molar-refractivity contribution in [2.75, 3.05) is 6.61 Å². The summed E-state index contributed by atoms with van der Waals surface area (Å²) in [7, 11) is 0. The van der Waals surface area contributed by atoms with Gasteiger partial charge in [-0.2, -0.15) is 0 Å². The molecule has 1 aromatic carbocycles. The van der Waals surface area contributed by atoms with Gasteiger partial charge in [0.2, 0.25) is 12.3 Å². The number of carbonyl (C=O) groups excluding carboxylic acids is 1. The van der Waals surface area contributed by atoms with Crippen LogP contribution in [0.3, 0.4) is 0 Å². The number of carbonyl (C=O) groups is 1. The van der Waals surface area contributed by atoms with E-state index in [-0.39, 0.29) is 5.97 Å². The van der Waals surface area contributed by atoms with E-state index in [9.17, 15) is 4.79 Å². The van der Waals surface area contributed by atoms with Crippen LogP contribution in [0.2, 0.25) is 0 Å². The Kier molecular flexibility index (Phi) is 4.84. The van der Waals surface area contributed by atoms with Crippen LogP contribution in [0.5, 0.6) is 0 Å². The number of benzene rings is 1. The number of fused-ring (bicyclic) bond motifs is 1. The molecule has 0 radical (unpaired) electrons. The molecule has 124 valence electrons. The Bertz CT molecular complexity index is 844. The normalized spacial score (nSPS) is 10.9. The Labute approximate surface area is 139 Å². The van der Waals surface area contributed by atoms with Crippen LogP contribution in [0.1, 0.15) is 40.9 Å². The van der Waals surface area contributed by atoms with Crippen LogP contribution in [0.4, 0.5) is 0 Å². The fraction of sp³-hybridized carbons (Fsp3) is 0.333. The maximum atomic E-state index is 12.5. The largest absolute Gasteiger partial charge is 0.462 e. The minimum absolute atomic E-state index is 0.302. The van der Waals surface area contributed by atoms with Crippen LogP contribution in [-0.4, -0.2) is 27.8 Å². The summed E-state index contributed by atoms with van der Waals surface area (Å²) in [4.78, 5) is 17.1. The minimum Gasteiger partial charge on any atom is -0.462 e. The first kappa shape index (κ1) is 16.1. The van der Waals surface area contributed by atoms with Gasteiger partial charge in [-0.25, -0.2) is 4.79 Å². The van der Waals surface area contributed by atoms with Gasteiger partial charge in [0.15, 0.2) is 0 Å². The summed E-state index contributed by atoms with van der Waals surface area (Å²) in [5.74, 6) is 0.219. The van der Waals surface area contributed by atoms with Crippen LogP contribution >= 0.6 is 0 Å². The summed E-state index contributed by atoms with van der Waals surface area (Å²) >= 11 is 0. The fourth-order valence-electron chi connectivity index (χ4n) is 2.73. The van der Waals surface area contributed by atoms with Crippen molar-refractivity contribution < 1.29 is 13.9 Å². The number of para-hydroxylation sites is 1. The molecule has 0 fully saturated rings. The lowest BCUT2D eigenvalue weighted by Gasteiger charge is -2.13. The Morgan fingerprint density at radius 1 is 1.29 bits per heavy atom. The third-order valence-corrected chi connectivity index (χ3v) is 3.94. The number of ether oxygens (including phenoxy) is 1. The summed E-state index contributed by atoms with van der Waals surface area (Å²) in [5.41, 5.74) is 3.17. The molecule has 3 aromatic rings. The molecular weight excluding hydrogens is 306 g/mol. The van der Waals surface area contributed by atoms with Crippen molar-refractivity contribution in [1.82, 2.24) is 15.2 Å². The fourth-order valence-corrected chi connectivity index (χ4v) is 2.73. The molecule has 24 heavy (non-hydrogen) atoms. The summed E-state index contributed by atoms with van der Waals surface area (Å²) in [5, 5.41) is 8.39. The second-order valence-corrected chi connectivity index (χ2v) is 5.50. The molecular formula is C18H19N3O3. The molecule has 2 aromatic heterocycles. The quantitative estimate of drug-likeness (QED) is 0.511. The maximum Gasteiger partial charge on any atom is 0.340 e. The van der Waals surface area contributed by atoms with Crippen molar-refractivity contribution in [2.24, 2.45) is 0 Å². The number of aromatic nitrogens is 3. The predicted octanol–water partition coefficient (Wildman–Crippen LogP) is 3.28. The van der Waals surface area contributed by atoms with Gasteiger partial charge >= 0.3 is 5.97 Å². The zero-order valence-electron chi connectivity index (χ0n) is 13.8. The summed E-state index contributed by atoms with van der Waals surface area (Å²) in [6, 6.07) is 7.83. The van der Waals surface area contributed by atoms with E-state index in [4.69, 9.17) is 9.15 Å². The number of rotatable bonds is 6. The molecule has 0 saturated heterocycles. The Morgan fingerprint density at radius 2 is 2.12 bits per heavy atom. The Morgan fingerprint density at radius 3 is 2.88 bits per heavy atom. The first-order chi connectivity index (χ1) is 11.7. The van der Waals surface area contributed by atoms with Crippen LogP contribution in [0.25, 0.3) is 10.9 Å². The summed E-state index contributed by atoms with van der Waals surface area (Å²) < 4.78 is 10.5. The molecule has 3 rings (SSSR count). The zero-order chi connectivity index (χ0) is 16.9. The second kappa shape index (κ2) is 7.21. The van der Waals surface area contributed by atoms with E-state index >= 15 is 0 Å². The molecule has 0 bridgehead atoms. The van der Waals surface area contributed by atoms with E-state index < -0.39 is 0 Å². The average molecular weight is 325 g/mol. The van der Waals surface area contributed by atoms with E-state index in [1.807, 2.05) is 38.1 Å². The number of nitrogens with zero attached hydrogens (tertiary/aromatic N) is 3. The smallest absolute Gasteiger partial charge is 0.340 e. The van der Waals surface area contributed by atoms with Crippen molar-refractivity contribution in [3.8, 4) is 0 Å². The van der Waals surface area contributed by atoms with Crippen molar-refractivity contribution in [2.45, 2.75) is 33.1 Å². The lowest BCUT2D eigenvalue weighted by atomic mass is 10.0. The molecule has 0 atom stereocenters. The molecule has 0 N–H and O–H groups in total. The lowest BCUT2D eigenvalue weighted by Crippen LogP contribution is -2.13. The molecule has 0 amide bonds. The monoisotopic (exact) mass is 325 g/mol. The molecule has 2 heterocycles.